The summed E-state index contributed by atoms with van der Waals surface area (Å²) in [4.78, 5) is 2.49. The summed E-state index contributed by atoms with van der Waals surface area (Å²) in [7, 11) is 0. The number of piperidine rings is 1. The highest BCUT2D eigenvalue weighted by Crippen LogP contribution is 2.29. The fourth-order valence-corrected chi connectivity index (χ4v) is 3.56. The van der Waals surface area contributed by atoms with E-state index in [0.717, 1.165) is 32.6 Å². The van der Waals surface area contributed by atoms with Crippen molar-refractivity contribution < 1.29 is 0 Å². The van der Waals surface area contributed by atoms with E-state index in [2.05, 4.69) is 33.5 Å². The van der Waals surface area contributed by atoms with Crippen LogP contribution in [0.15, 0.2) is 0 Å². The Labute approximate surface area is 121 Å². The van der Waals surface area contributed by atoms with E-state index < -0.39 is 0 Å². The molecule has 3 rings (SSSR count). The lowest BCUT2D eigenvalue weighted by molar-refractivity contribution is 0.175. The second kappa shape index (κ2) is 5.45. The lowest BCUT2D eigenvalue weighted by atomic mass is 9.94. The highest BCUT2D eigenvalue weighted by Gasteiger charge is 2.28. The van der Waals surface area contributed by atoms with Gasteiger partial charge in [0, 0.05) is 31.0 Å². The van der Waals surface area contributed by atoms with Crippen molar-refractivity contribution in [1.29, 1.82) is 0 Å². The zero-order valence-electron chi connectivity index (χ0n) is 12.8. The molecule has 1 aromatic heterocycles. The molecule has 0 amide bonds. The number of fused-ring (bicyclic) bond motifs is 1. The molecule has 1 saturated heterocycles. The number of likely N-dealkylation sites (tertiary alicyclic amines) is 1. The summed E-state index contributed by atoms with van der Waals surface area (Å²) in [6, 6.07) is 0. The van der Waals surface area contributed by atoms with Gasteiger partial charge in [-0.05, 0) is 52.6 Å². The van der Waals surface area contributed by atoms with E-state index >= 15 is 0 Å². The van der Waals surface area contributed by atoms with Gasteiger partial charge in [-0.1, -0.05) is 0 Å². The van der Waals surface area contributed by atoms with Crippen LogP contribution in [0.4, 0.5) is 0 Å². The fraction of sp³-hybridized carbons (Fsp3) is 0.867. The molecule has 1 aromatic rings. The molecule has 112 valence electrons. The molecule has 20 heavy (non-hydrogen) atoms. The minimum atomic E-state index is -0.0964. The van der Waals surface area contributed by atoms with Crippen LogP contribution in [0.5, 0.6) is 0 Å². The van der Waals surface area contributed by atoms with Gasteiger partial charge in [0.25, 0.3) is 0 Å². The van der Waals surface area contributed by atoms with E-state index in [4.69, 9.17) is 5.73 Å². The predicted octanol–water partition coefficient (Wildman–Crippen LogP) is 1.53. The van der Waals surface area contributed by atoms with Crippen LogP contribution in [-0.4, -0.2) is 44.8 Å². The quantitative estimate of drug-likeness (QED) is 0.910. The first-order chi connectivity index (χ1) is 9.53. The summed E-state index contributed by atoms with van der Waals surface area (Å²) in [6.07, 6.45) is 6.02. The van der Waals surface area contributed by atoms with Crippen molar-refractivity contribution in [3.63, 3.8) is 0 Å². The fourth-order valence-electron chi connectivity index (χ4n) is 3.56. The minimum absolute atomic E-state index is 0.0964. The average molecular weight is 277 g/mol. The zero-order valence-corrected chi connectivity index (χ0v) is 12.8. The summed E-state index contributed by atoms with van der Waals surface area (Å²) in [6.45, 7) is 8.58. The van der Waals surface area contributed by atoms with E-state index in [1.165, 1.54) is 37.3 Å². The third kappa shape index (κ3) is 3.04. The van der Waals surface area contributed by atoms with E-state index in [1.54, 1.807) is 0 Å². The molecule has 0 radical (unpaired) electrons. The van der Waals surface area contributed by atoms with Crippen LogP contribution in [0.1, 0.15) is 57.1 Å². The molecular weight excluding hydrogens is 250 g/mol. The third-order valence-electron chi connectivity index (χ3n) is 4.47. The number of hydrogen-bond acceptors (Lipinski definition) is 4. The van der Waals surface area contributed by atoms with Crippen molar-refractivity contribution in [2.75, 3.05) is 19.6 Å². The topological polar surface area (TPSA) is 60.0 Å². The molecule has 2 N–H and O–H groups in total. The summed E-state index contributed by atoms with van der Waals surface area (Å²) >= 11 is 0. The molecule has 0 saturated carbocycles. The molecule has 3 heterocycles. The van der Waals surface area contributed by atoms with Crippen molar-refractivity contribution in [2.24, 2.45) is 5.73 Å². The van der Waals surface area contributed by atoms with Crippen LogP contribution < -0.4 is 5.73 Å². The van der Waals surface area contributed by atoms with E-state index in [1.807, 2.05) is 0 Å². The Morgan fingerprint density at radius 1 is 1.15 bits per heavy atom. The molecule has 1 fully saturated rings. The molecule has 0 bridgehead atoms. The Kier molecular flexibility index (Phi) is 3.82. The van der Waals surface area contributed by atoms with Gasteiger partial charge in [0.2, 0.25) is 0 Å². The number of hydrogen-bond donors (Lipinski definition) is 1. The summed E-state index contributed by atoms with van der Waals surface area (Å²) in [5, 5.41) is 8.88. The lowest BCUT2D eigenvalue weighted by Gasteiger charge is -2.35. The number of nitrogens with two attached hydrogens (primary N) is 1. The van der Waals surface area contributed by atoms with Gasteiger partial charge in [-0.25, -0.2) is 0 Å². The van der Waals surface area contributed by atoms with Crippen LogP contribution in [0.2, 0.25) is 0 Å². The van der Waals surface area contributed by atoms with Gasteiger partial charge >= 0.3 is 0 Å². The lowest BCUT2D eigenvalue weighted by Crippen LogP contribution is -2.47. The Bertz CT molecular complexity index is 451. The maximum Gasteiger partial charge on any atom is 0.136 e. The molecule has 0 spiro atoms. The second-order valence-electron chi connectivity index (χ2n) is 7.12. The minimum Gasteiger partial charge on any atom is -0.324 e. The first-order valence-corrected chi connectivity index (χ1v) is 7.96. The number of aryl methyl sites for hydroxylation is 1. The molecule has 0 atom stereocenters. The van der Waals surface area contributed by atoms with Crippen molar-refractivity contribution in [3.8, 4) is 0 Å². The van der Waals surface area contributed by atoms with Crippen molar-refractivity contribution >= 4 is 0 Å². The molecule has 5 heteroatoms. The van der Waals surface area contributed by atoms with Crippen LogP contribution in [0.3, 0.4) is 0 Å². The Morgan fingerprint density at radius 3 is 2.60 bits per heavy atom. The molecule has 0 aromatic carbocycles. The SMILES string of the molecule is CC(C)(N)CN1CCC(c2nnc3n2CCCC3)CC1. The van der Waals surface area contributed by atoms with Gasteiger partial charge in [-0.2, -0.15) is 0 Å². The second-order valence-corrected chi connectivity index (χ2v) is 7.12. The van der Waals surface area contributed by atoms with Crippen LogP contribution in [-0.2, 0) is 13.0 Å². The monoisotopic (exact) mass is 277 g/mol. The number of rotatable bonds is 3. The smallest absolute Gasteiger partial charge is 0.136 e. The number of nitrogens with zero attached hydrogens (tertiary/aromatic N) is 4. The van der Waals surface area contributed by atoms with Crippen LogP contribution in [0.25, 0.3) is 0 Å². The Hall–Kier alpha value is -0.940. The van der Waals surface area contributed by atoms with Gasteiger partial charge in [0.05, 0.1) is 0 Å². The first kappa shape index (κ1) is 14.0. The average Bonchev–Trinajstić information content (AvgIpc) is 2.82. The standard InChI is InChI=1S/C15H27N5/c1-15(2,16)11-19-9-6-12(7-10-19)14-18-17-13-5-3-4-8-20(13)14/h12H,3-11,16H2,1-2H3. The van der Waals surface area contributed by atoms with Crippen LogP contribution in [0, 0.1) is 0 Å². The van der Waals surface area contributed by atoms with Crippen molar-refractivity contribution in [3.05, 3.63) is 11.6 Å². The van der Waals surface area contributed by atoms with Gasteiger partial charge in [0.1, 0.15) is 11.6 Å². The van der Waals surface area contributed by atoms with Gasteiger partial charge in [0.15, 0.2) is 0 Å². The highest BCUT2D eigenvalue weighted by molar-refractivity contribution is 5.06. The summed E-state index contributed by atoms with van der Waals surface area (Å²) in [5.41, 5.74) is 6.02. The largest absolute Gasteiger partial charge is 0.324 e. The van der Waals surface area contributed by atoms with Crippen LogP contribution >= 0.6 is 0 Å². The maximum absolute atomic E-state index is 6.12. The molecule has 2 aliphatic heterocycles. The third-order valence-corrected chi connectivity index (χ3v) is 4.47. The molecule has 0 unspecified atom stereocenters. The van der Waals surface area contributed by atoms with Gasteiger partial charge in [-0.15, -0.1) is 10.2 Å². The Morgan fingerprint density at radius 2 is 1.90 bits per heavy atom. The van der Waals surface area contributed by atoms with E-state index in [-0.39, 0.29) is 5.54 Å². The van der Waals surface area contributed by atoms with Crippen molar-refractivity contribution in [2.45, 2.75) is 64.0 Å². The highest BCUT2D eigenvalue weighted by atomic mass is 15.3. The number of aromatic nitrogens is 3. The molecular formula is C15H27N5. The summed E-state index contributed by atoms with van der Waals surface area (Å²) < 4.78 is 2.39. The van der Waals surface area contributed by atoms with Gasteiger partial charge in [-0.3, -0.25) is 0 Å². The normalized spacial score (nSPS) is 21.9. The zero-order chi connectivity index (χ0) is 14.2. The maximum atomic E-state index is 6.12. The van der Waals surface area contributed by atoms with Crippen molar-refractivity contribution in [1.82, 2.24) is 19.7 Å². The molecule has 0 aliphatic carbocycles. The molecule has 2 aliphatic rings. The Balaban J connectivity index is 1.62. The van der Waals surface area contributed by atoms with E-state index in [0.29, 0.717) is 5.92 Å². The summed E-state index contributed by atoms with van der Waals surface area (Å²) in [5.74, 6) is 3.04. The predicted molar refractivity (Wildman–Crippen MR) is 79.6 cm³/mol. The van der Waals surface area contributed by atoms with Gasteiger partial charge < -0.3 is 15.2 Å². The first-order valence-electron chi connectivity index (χ1n) is 7.96. The van der Waals surface area contributed by atoms with E-state index in [9.17, 15) is 0 Å². The molecule has 5 nitrogen and oxygen atoms in total.